The Kier molecular flexibility index (Phi) is 5.85. The lowest BCUT2D eigenvalue weighted by atomic mass is 10.2. The highest BCUT2D eigenvalue weighted by Crippen LogP contribution is 2.06. The lowest BCUT2D eigenvalue weighted by Gasteiger charge is -2.21. The average molecular weight is 231 g/mol. The molecular weight excluding hydrogens is 210 g/mol. The number of amides is 1. The molecule has 0 aliphatic rings. The summed E-state index contributed by atoms with van der Waals surface area (Å²) in [6.45, 7) is 9.09. The first-order valence-corrected chi connectivity index (χ1v) is 5.42. The molecule has 0 rings (SSSR count). The highest BCUT2D eigenvalue weighted by Gasteiger charge is 2.21. The maximum atomic E-state index is 11.3. The molecule has 0 spiro atoms. The van der Waals surface area contributed by atoms with Crippen molar-refractivity contribution >= 4 is 12.1 Å². The lowest BCUT2D eigenvalue weighted by Crippen LogP contribution is -2.42. The molecule has 0 aromatic heterocycles. The summed E-state index contributed by atoms with van der Waals surface area (Å²) in [4.78, 5) is 22.6. The standard InChI is InChI=1S/C11H21NO4/c1-6-7-15-9(13)8(2)12-10(14)16-11(3,4)5/h8H,6-7H2,1-5H3,(H,12,14). The van der Waals surface area contributed by atoms with E-state index >= 15 is 0 Å². The van der Waals surface area contributed by atoms with Crippen LogP contribution in [0.25, 0.3) is 0 Å². The predicted octanol–water partition coefficient (Wildman–Crippen LogP) is 1.85. The summed E-state index contributed by atoms with van der Waals surface area (Å²) in [5.74, 6) is -0.451. The first-order valence-electron chi connectivity index (χ1n) is 5.42. The van der Waals surface area contributed by atoms with E-state index in [0.29, 0.717) is 6.61 Å². The van der Waals surface area contributed by atoms with Crippen molar-refractivity contribution in [2.24, 2.45) is 0 Å². The van der Waals surface area contributed by atoms with Crippen molar-refractivity contribution in [2.75, 3.05) is 6.61 Å². The molecule has 0 bridgehead atoms. The third-order valence-corrected chi connectivity index (χ3v) is 1.54. The number of alkyl carbamates (subject to hydrolysis) is 1. The van der Waals surface area contributed by atoms with Crippen LogP contribution in [0.4, 0.5) is 4.79 Å². The average Bonchev–Trinajstić information content (AvgIpc) is 2.10. The van der Waals surface area contributed by atoms with Crippen molar-refractivity contribution in [2.45, 2.75) is 52.7 Å². The Hall–Kier alpha value is -1.26. The normalized spacial score (nSPS) is 12.8. The number of hydrogen-bond donors (Lipinski definition) is 1. The van der Waals surface area contributed by atoms with Gasteiger partial charge >= 0.3 is 12.1 Å². The molecular formula is C11H21NO4. The summed E-state index contributed by atoms with van der Waals surface area (Å²) in [6, 6.07) is -0.693. The fourth-order valence-corrected chi connectivity index (χ4v) is 0.871. The van der Waals surface area contributed by atoms with Gasteiger partial charge in [0.15, 0.2) is 0 Å². The zero-order valence-corrected chi connectivity index (χ0v) is 10.6. The Bertz CT molecular complexity index is 245. The minimum Gasteiger partial charge on any atom is -0.464 e. The third-order valence-electron chi connectivity index (χ3n) is 1.54. The van der Waals surface area contributed by atoms with Crippen LogP contribution in [0.15, 0.2) is 0 Å². The molecule has 1 unspecified atom stereocenters. The van der Waals surface area contributed by atoms with Crippen molar-refractivity contribution in [3.63, 3.8) is 0 Å². The molecule has 1 N–H and O–H groups in total. The number of nitrogens with one attached hydrogen (secondary N) is 1. The molecule has 0 saturated heterocycles. The quantitative estimate of drug-likeness (QED) is 0.750. The van der Waals surface area contributed by atoms with Crippen LogP contribution >= 0.6 is 0 Å². The van der Waals surface area contributed by atoms with Crippen LogP contribution in [0.1, 0.15) is 41.0 Å². The van der Waals surface area contributed by atoms with E-state index in [1.807, 2.05) is 6.92 Å². The van der Waals surface area contributed by atoms with Crippen molar-refractivity contribution in [3.8, 4) is 0 Å². The number of carbonyl (C=O) groups is 2. The summed E-state index contributed by atoms with van der Waals surface area (Å²) in [6.07, 6.45) is 0.138. The van der Waals surface area contributed by atoms with Gasteiger partial charge in [-0.15, -0.1) is 0 Å². The highest BCUT2D eigenvalue weighted by molar-refractivity contribution is 5.80. The Balaban J connectivity index is 3.99. The molecule has 0 aromatic rings. The van der Waals surface area contributed by atoms with Gasteiger partial charge in [-0.3, -0.25) is 0 Å². The summed E-state index contributed by atoms with van der Waals surface area (Å²) in [5.41, 5.74) is -0.572. The van der Waals surface area contributed by atoms with Crippen LogP contribution in [0.2, 0.25) is 0 Å². The fourth-order valence-electron chi connectivity index (χ4n) is 0.871. The Morgan fingerprint density at radius 2 is 1.88 bits per heavy atom. The third kappa shape index (κ3) is 7.09. The maximum Gasteiger partial charge on any atom is 0.408 e. The molecule has 0 fully saturated rings. The molecule has 94 valence electrons. The second-order valence-corrected chi connectivity index (χ2v) is 4.54. The van der Waals surface area contributed by atoms with E-state index < -0.39 is 23.7 Å². The van der Waals surface area contributed by atoms with E-state index in [1.165, 1.54) is 0 Å². The predicted molar refractivity (Wildman–Crippen MR) is 60.1 cm³/mol. The van der Waals surface area contributed by atoms with Crippen LogP contribution in [0.3, 0.4) is 0 Å². The zero-order valence-electron chi connectivity index (χ0n) is 10.6. The van der Waals surface area contributed by atoms with Crippen LogP contribution in [0.5, 0.6) is 0 Å². The van der Waals surface area contributed by atoms with Crippen molar-refractivity contribution in [1.29, 1.82) is 0 Å². The van der Waals surface area contributed by atoms with E-state index in [-0.39, 0.29) is 0 Å². The van der Waals surface area contributed by atoms with Gasteiger partial charge in [0.25, 0.3) is 0 Å². The topological polar surface area (TPSA) is 64.6 Å². The molecule has 5 heteroatoms. The van der Waals surface area contributed by atoms with E-state index in [2.05, 4.69) is 5.32 Å². The summed E-state index contributed by atoms with van der Waals surface area (Å²) in [7, 11) is 0. The van der Waals surface area contributed by atoms with Gasteiger partial charge in [-0.05, 0) is 34.1 Å². The number of rotatable bonds is 4. The van der Waals surface area contributed by atoms with E-state index in [0.717, 1.165) is 6.42 Å². The zero-order chi connectivity index (χ0) is 12.8. The minimum absolute atomic E-state index is 0.360. The molecule has 16 heavy (non-hydrogen) atoms. The molecule has 1 atom stereocenters. The highest BCUT2D eigenvalue weighted by atomic mass is 16.6. The molecule has 0 radical (unpaired) electrons. The maximum absolute atomic E-state index is 11.3. The second kappa shape index (κ2) is 6.35. The Morgan fingerprint density at radius 1 is 1.31 bits per heavy atom. The fraction of sp³-hybridized carbons (Fsp3) is 0.818. The molecule has 0 aromatic carbocycles. The van der Waals surface area contributed by atoms with Crippen LogP contribution in [-0.4, -0.2) is 30.3 Å². The molecule has 0 heterocycles. The van der Waals surface area contributed by atoms with E-state index in [4.69, 9.17) is 9.47 Å². The van der Waals surface area contributed by atoms with Gasteiger partial charge in [0, 0.05) is 0 Å². The molecule has 0 aliphatic carbocycles. The van der Waals surface area contributed by atoms with Crippen molar-refractivity contribution in [3.05, 3.63) is 0 Å². The molecule has 5 nitrogen and oxygen atoms in total. The monoisotopic (exact) mass is 231 g/mol. The number of hydrogen-bond acceptors (Lipinski definition) is 4. The van der Waals surface area contributed by atoms with Crippen LogP contribution in [0, 0.1) is 0 Å². The van der Waals surface area contributed by atoms with Crippen LogP contribution in [-0.2, 0) is 14.3 Å². The first-order chi connectivity index (χ1) is 7.26. The summed E-state index contributed by atoms with van der Waals surface area (Å²) in [5, 5.41) is 2.41. The van der Waals surface area contributed by atoms with Crippen molar-refractivity contribution in [1.82, 2.24) is 5.32 Å². The number of ether oxygens (including phenoxy) is 2. The second-order valence-electron chi connectivity index (χ2n) is 4.54. The Morgan fingerprint density at radius 3 is 2.31 bits per heavy atom. The van der Waals surface area contributed by atoms with Gasteiger partial charge in [-0.25, -0.2) is 9.59 Å². The Labute approximate surface area is 96.5 Å². The van der Waals surface area contributed by atoms with Gasteiger partial charge in [0.2, 0.25) is 0 Å². The molecule has 0 aliphatic heterocycles. The minimum atomic E-state index is -0.693. The van der Waals surface area contributed by atoms with Gasteiger partial charge in [-0.2, -0.15) is 0 Å². The summed E-state index contributed by atoms with van der Waals surface area (Å²) < 4.78 is 9.88. The van der Waals surface area contributed by atoms with Crippen molar-refractivity contribution < 1.29 is 19.1 Å². The molecule has 0 saturated carbocycles. The summed E-state index contributed by atoms with van der Waals surface area (Å²) >= 11 is 0. The molecule has 1 amide bonds. The SMILES string of the molecule is CCCOC(=O)C(C)NC(=O)OC(C)(C)C. The largest absolute Gasteiger partial charge is 0.464 e. The number of carbonyl (C=O) groups excluding carboxylic acids is 2. The first kappa shape index (κ1) is 14.7. The van der Waals surface area contributed by atoms with E-state index in [1.54, 1.807) is 27.7 Å². The number of esters is 1. The van der Waals surface area contributed by atoms with Gasteiger partial charge in [0.1, 0.15) is 11.6 Å². The van der Waals surface area contributed by atoms with Gasteiger partial charge in [-0.1, -0.05) is 6.92 Å². The van der Waals surface area contributed by atoms with Crippen LogP contribution < -0.4 is 5.32 Å². The smallest absolute Gasteiger partial charge is 0.408 e. The lowest BCUT2D eigenvalue weighted by molar-refractivity contribution is -0.145. The van der Waals surface area contributed by atoms with Gasteiger partial charge < -0.3 is 14.8 Å². The van der Waals surface area contributed by atoms with E-state index in [9.17, 15) is 9.59 Å². The van der Waals surface area contributed by atoms with Gasteiger partial charge in [0.05, 0.1) is 6.61 Å².